The summed E-state index contributed by atoms with van der Waals surface area (Å²) >= 11 is 6.08. The Balaban J connectivity index is 1.74. The first kappa shape index (κ1) is 16.5. The first-order chi connectivity index (χ1) is 10.9. The molecule has 1 aromatic heterocycles. The van der Waals surface area contributed by atoms with Gasteiger partial charge < -0.3 is 15.0 Å². The number of hydrogen-bond acceptors (Lipinski definition) is 3. The Kier molecular flexibility index (Phi) is 4.52. The molecule has 2 saturated heterocycles. The van der Waals surface area contributed by atoms with Gasteiger partial charge in [0.05, 0.1) is 16.9 Å². The monoisotopic (exact) mass is 337 g/mol. The molecule has 2 aliphatic rings. The molecule has 1 unspecified atom stereocenters. The van der Waals surface area contributed by atoms with Crippen LogP contribution in [0, 0.1) is 18.3 Å². The summed E-state index contributed by atoms with van der Waals surface area (Å²) in [5.74, 6) is 0.422. The van der Waals surface area contributed by atoms with Gasteiger partial charge in [-0.15, -0.1) is 0 Å². The minimum absolute atomic E-state index is 0.0621. The van der Waals surface area contributed by atoms with Crippen LogP contribution in [0.15, 0.2) is 12.4 Å². The standard InChI is InChI=1S/C17H24ClN3O2/c1-11(2)15-17(4-6-23-7-5-17)10-21(15)16(22)20-14-9-19-8-13(18)12(14)3/h8-9,11,15H,4-7,10H2,1-3H3,(H,20,22). The largest absolute Gasteiger partial charge is 0.381 e. The van der Waals surface area contributed by atoms with Crippen molar-refractivity contribution >= 4 is 23.3 Å². The normalized spacial score (nSPS) is 23.0. The molecular weight excluding hydrogens is 314 g/mol. The quantitative estimate of drug-likeness (QED) is 0.895. The molecule has 0 saturated carbocycles. The summed E-state index contributed by atoms with van der Waals surface area (Å²) in [6, 6.07) is 0.201. The highest BCUT2D eigenvalue weighted by atomic mass is 35.5. The molecule has 1 atom stereocenters. The molecule has 6 heteroatoms. The molecule has 2 aliphatic heterocycles. The molecule has 0 aliphatic carbocycles. The number of carbonyl (C=O) groups is 1. The van der Waals surface area contributed by atoms with Gasteiger partial charge in [0.1, 0.15) is 0 Å². The van der Waals surface area contributed by atoms with E-state index in [1.807, 2.05) is 11.8 Å². The van der Waals surface area contributed by atoms with E-state index in [1.165, 1.54) is 0 Å². The van der Waals surface area contributed by atoms with Gasteiger partial charge in [0.2, 0.25) is 0 Å². The van der Waals surface area contributed by atoms with Crippen LogP contribution in [0.5, 0.6) is 0 Å². The summed E-state index contributed by atoms with van der Waals surface area (Å²) in [5, 5.41) is 3.53. The van der Waals surface area contributed by atoms with Gasteiger partial charge in [-0.05, 0) is 31.2 Å². The van der Waals surface area contributed by atoms with Gasteiger partial charge >= 0.3 is 6.03 Å². The average molecular weight is 338 g/mol. The maximum Gasteiger partial charge on any atom is 0.322 e. The van der Waals surface area contributed by atoms with Crippen molar-refractivity contribution in [3.05, 3.63) is 23.0 Å². The molecule has 3 rings (SSSR count). The molecule has 1 N–H and O–H groups in total. The Morgan fingerprint density at radius 3 is 2.78 bits per heavy atom. The van der Waals surface area contributed by atoms with Gasteiger partial charge in [-0.2, -0.15) is 0 Å². The number of pyridine rings is 1. The first-order valence-electron chi connectivity index (χ1n) is 8.20. The number of urea groups is 1. The van der Waals surface area contributed by atoms with E-state index >= 15 is 0 Å². The Labute approximate surface area is 142 Å². The van der Waals surface area contributed by atoms with Crippen molar-refractivity contribution in [3.63, 3.8) is 0 Å². The lowest BCUT2D eigenvalue weighted by Gasteiger charge is -2.60. The highest BCUT2D eigenvalue weighted by Crippen LogP contribution is 2.48. The van der Waals surface area contributed by atoms with E-state index in [0.717, 1.165) is 38.2 Å². The fourth-order valence-corrected chi connectivity index (χ4v) is 4.22. The number of halogens is 1. The lowest BCUT2D eigenvalue weighted by atomic mass is 9.63. The van der Waals surface area contributed by atoms with Crippen LogP contribution >= 0.6 is 11.6 Å². The van der Waals surface area contributed by atoms with Crippen LogP contribution in [0.3, 0.4) is 0 Å². The maximum atomic E-state index is 12.7. The van der Waals surface area contributed by atoms with Crippen LogP contribution in [0.2, 0.25) is 5.02 Å². The lowest BCUT2D eigenvalue weighted by Crippen LogP contribution is -2.70. The van der Waals surface area contributed by atoms with Crippen LogP contribution < -0.4 is 5.32 Å². The fourth-order valence-electron chi connectivity index (χ4n) is 4.06. The summed E-state index contributed by atoms with van der Waals surface area (Å²) in [4.78, 5) is 18.7. The van der Waals surface area contributed by atoms with Crippen molar-refractivity contribution in [1.82, 2.24) is 9.88 Å². The topological polar surface area (TPSA) is 54.5 Å². The smallest absolute Gasteiger partial charge is 0.322 e. The van der Waals surface area contributed by atoms with Crippen LogP contribution in [-0.4, -0.2) is 41.7 Å². The number of nitrogens with zero attached hydrogens (tertiary/aromatic N) is 2. The second-order valence-electron chi connectivity index (χ2n) is 7.02. The van der Waals surface area contributed by atoms with Crippen molar-refractivity contribution < 1.29 is 9.53 Å². The number of aromatic nitrogens is 1. The zero-order valence-corrected chi connectivity index (χ0v) is 14.7. The van der Waals surface area contributed by atoms with E-state index in [9.17, 15) is 4.79 Å². The summed E-state index contributed by atoms with van der Waals surface area (Å²) < 4.78 is 5.51. The van der Waals surface area contributed by atoms with Crippen LogP contribution in [-0.2, 0) is 4.74 Å². The summed E-state index contributed by atoms with van der Waals surface area (Å²) in [7, 11) is 0. The minimum Gasteiger partial charge on any atom is -0.381 e. The Bertz CT molecular complexity index is 600. The number of rotatable bonds is 2. The van der Waals surface area contributed by atoms with Crippen molar-refractivity contribution in [2.45, 2.75) is 39.7 Å². The van der Waals surface area contributed by atoms with Gasteiger partial charge in [0, 0.05) is 37.4 Å². The van der Waals surface area contributed by atoms with E-state index < -0.39 is 0 Å². The van der Waals surface area contributed by atoms with E-state index in [-0.39, 0.29) is 17.5 Å². The number of ether oxygens (including phenoxy) is 1. The molecule has 23 heavy (non-hydrogen) atoms. The molecule has 0 aromatic carbocycles. The molecule has 126 valence electrons. The zero-order chi connectivity index (χ0) is 16.6. The number of hydrogen-bond donors (Lipinski definition) is 1. The second kappa shape index (κ2) is 6.29. The van der Waals surface area contributed by atoms with E-state index in [1.54, 1.807) is 12.4 Å². The lowest BCUT2D eigenvalue weighted by molar-refractivity contribution is -0.122. The van der Waals surface area contributed by atoms with Crippen molar-refractivity contribution in [2.75, 3.05) is 25.1 Å². The molecule has 1 spiro atoms. The number of carbonyl (C=O) groups excluding carboxylic acids is 1. The van der Waals surface area contributed by atoms with Gasteiger partial charge in [-0.1, -0.05) is 25.4 Å². The molecule has 1 aromatic rings. The average Bonchev–Trinajstić information content (AvgIpc) is 2.50. The summed E-state index contributed by atoms with van der Waals surface area (Å²) in [5.41, 5.74) is 1.75. The SMILES string of the molecule is Cc1c(Cl)cncc1NC(=O)N1CC2(CCOCC2)C1C(C)C. The highest BCUT2D eigenvalue weighted by Gasteiger charge is 2.55. The third-order valence-corrected chi connectivity index (χ3v) is 5.61. The fraction of sp³-hybridized carbons (Fsp3) is 0.647. The summed E-state index contributed by atoms with van der Waals surface area (Å²) in [6.45, 7) is 8.67. The van der Waals surface area contributed by atoms with E-state index in [0.29, 0.717) is 16.6 Å². The molecule has 0 bridgehead atoms. The molecule has 0 radical (unpaired) electrons. The first-order valence-corrected chi connectivity index (χ1v) is 8.58. The van der Waals surface area contributed by atoms with Gasteiger partial charge in [-0.25, -0.2) is 4.79 Å². The van der Waals surface area contributed by atoms with E-state index in [2.05, 4.69) is 24.1 Å². The Morgan fingerprint density at radius 2 is 2.13 bits per heavy atom. The maximum absolute atomic E-state index is 12.7. The number of nitrogens with one attached hydrogen (secondary N) is 1. The number of amides is 2. The van der Waals surface area contributed by atoms with Gasteiger partial charge in [0.25, 0.3) is 0 Å². The molecule has 3 heterocycles. The molecule has 2 fully saturated rings. The van der Waals surface area contributed by atoms with Gasteiger partial charge in [0.15, 0.2) is 0 Å². The Morgan fingerprint density at radius 1 is 1.43 bits per heavy atom. The van der Waals surface area contributed by atoms with Gasteiger partial charge in [-0.3, -0.25) is 4.98 Å². The number of likely N-dealkylation sites (tertiary alicyclic amines) is 1. The Hall–Kier alpha value is -1.33. The predicted octanol–water partition coefficient (Wildman–Crippen LogP) is 3.71. The predicted molar refractivity (Wildman–Crippen MR) is 90.8 cm³/mol. The number of anilines is 1. The molecule has 5 nitrogen and oxygen atoms in total. The second-order valence-corrected chi connectivity index (χ2v) is 7.42. The minimum atomic E-state index is -0.0621. The van der Waals surface area contributed by atoms with Crippen LogP contribution in [0.25, 0.3) is 0 Å². The van der Waals surface area contributed by atoms with Crippen molar-refractivity contribution in [3.8, 4) is 0 Å². The van der Waals surface area contributed by atoms with Crippen molar-refractivity contribution in [1.29, 1.82) is 0 Å². The molecule has 2 amide bonds. The van der Waals surface area contributed by atoms with Crippen LogP contribution in [0.1, 0.15) is 32.3 Å². The third kappa shape index (κ3) is 2.92. The van der Waals surface area contributed by atoms with Crippen LogP contribution in [0.4, 0.5) is 10.5 Å². The van der Waals surface area contributed by atoms with E-state index in [4.69, 9.17) is 16.3 Å². The third-order valence-electron chi connectivity index (χ3n) is 5.22. The summed E-state index contributed by atoms with van der Waals surface area (Å²) in [6.07, 6.45) is 5.31. The molecular formula is C17H24ClN3O2. The van der Waals surface area contributed by atoms with Crippen molar-refractivity contribution in [2.24, 2.45) is 11.3 Å². The zero-order valence-electron chi connectivity index (χ0n) is 13.9. The highest BCUT2D eigenvalue weighted by molar-refractivity contribution is 6.31.